The average molecular weight is 372 g/mol. The summed E-state index contributed by atoms with van der Waals surface area (Å²) in [6.07, 6.45) is 4.42. The lowest BCUT2D eigenvalue weighted by molar-refractivity contribution is -0.158. The third-order valence-corrected chi connectivity index (χ3v) is 5.48. The van der Waals surface area contributed by atoms with Gasteiger partial charge in [0, 0.05) is 24.7 Å². The van der Waals surface area contributed by atoms with Crippen molar-refractivity contribution in [3.63, 3.8) is 0 Å². The highest BCUT2D eigenvalue weighted by Crippen LogP contribution is 2.26. The minimum absolute atomic E-state index is 0.0933. The van der Waals surface area contributed by atoms with Crippen molar-refractivity contribution in [2.24, 2.45) is 5.92 Å². The van der Waals surface area contributed by atoms with E-state index < -0.39 is 18.0 Å². The van der Waals surface area contributed by atoms with Gasteiger partial charge in [-0.15, -0.1) is 0 Å². The molecule has 2 atom stereocenters. The molecule has 146 valence electrons. The van der Waals surface area contributed by atoms with Crippen LogP contribution in [0.15, 0.2) is 24.3 Å². The fraction of sp³-hybridized carbons (Fsp3) is 0.571. The first-order valence-corrected chi connectivity index (χ1v) is 9.88. The summed E-state index contributed by atoms with van der Waals surface area (Å²) in [6, 6.07) is 7.98. The van der Waals surface area contributed by atoms with E-state index in [2.05, 4.69) is 12.2 Å². The Morgan fingerprint density at radius 2 is 1.89 bits per heavy atom. The molecule has 0 bridgehead atoms. The highest BCUT2D eigenvalue weighted by atomic mass is 16.5. The molecule has 1 aliphatic carbocycles. The number of hydrogen-bond donors (Lipinski definition) is 1. The molecule has 2 fully saturated rings. The lowest BCUT2D eigenvalue weighted by Gasteiger charge is -2.19. The van der Waals surface area contributed by atoms with E-state index in [0.29, 0.717) is 6.54 Å². The van der Waals surface area contributed by atoms with Crippen LogP contribution in [0.4, 0.5) is 5.69 Å². The number of hydrogen-bond acceptors (Lipinski definition) is 4. The average Bonchev–Trinajstić information content (AvgIpc) is 3.31. The van der Waals surface area contributed by atoms with Gasteiger partial charge >= 0.3 is 5.97 Å². The number of rotatable bonds is 6. The highest BCUT2D eigenvalue weighted by molar-refractivity contribution is 5.99. The van der Waals surface area contributed by atoms with Crippen LogP contribution in [0.3, 0.4) is 0 Å². The molecule has 0 radical (unpaired) electrons. The van der Waals surface area contributed by atoms with Gasteiger partial charge in [0.05, 0.1) is 5.92 Å². The molecular formula is C21H28N2O4. The Morgan fingerprint density at radius 1 is 1.22 bits per heavy atom. The number of carbonyl (C=O) groups excluding carboxylic acids is 3. The Hall–Kier alpha value is -2.37. The standard InChI is InChI=1S/C21H28N2O4/c1-3-15-8-10-18(11-9-15)23-13-16(12-19(23)24)21(26)27-14(2)20(25)22-17-6-4-5-7-17/h8-11,14,16-17H,3-7,12-13H2,1-2H3,(H,22,25)/t14-,16+/m1/s1. The van der Waals surface area contributed by atoms with Gasteiger partial charge in [-0.3, -0.25) is 14.4 Å². The topological polar surface area (TPSA) is 75.7 Å². The number of nitrogens with zero attached hydrogens (tertiary/aromatic N) is 1. The second kappa shape index (κ2) is 8.55. The summed E-state index contributed by atoms with van der Waals surface area (Å²) in [7, 11) is 0. The monoisotopic (exact) mass is 372 g/mol. The summed E-state index contributed by atoms with van der Waals surface area (Å²) in [5.74, 6) is -1.37. The van der Waals surface area contributed by atoms with E-state index in [1.165, 1.54) is 5.56 Å². The second-order valence-corrected chi connectivity index (χ2v) is 7.49. The number of esters is 1. The van der Waals surface area contributed by atoms with Crippen molar-refractivity contribution in [1.82, 2.24) is 5.32 Å². The van der Waals surface area contributed by atoms with Crippen LogP contribution in [0.1, 0.15) is 51.5 Å². The lowest BCUT2D eigenvalue weighted by atomic mass is 10.1. The number of amides is 2. The van der Waals surface area contributed by atoms with Crippen LogP contribution in [-0.4, -0.2) is 36.5 Å². The minimum atomic E-state index is -0.842. The molecule has 0 aromatic heterocycles. The van der Waals surface area contributed by atoms with E-state index in [4.69, 9.17) is 4.74 Å². The first-order chi connectivity index (χ1) is 13.0. The van der Waals surface area contributed by atoms with Gasteiger partial charge in [0.15, 0.2) is 6.10 Å². The molecule has 1 aromatic carbocycles. The van der Waals surface area contributed by atoms with E-state index >= 15 is 0 Å². The Balaban J connectivity index is 1.54. The fourth-order valence-electron chi connectivity index (χ4n) is 3.74. The van der Waals surface area contributed by atoms with Crippen LogP contribution in [-0.2, 0) is 25.5 Å². The zero-order valence-corrected chi connectivity index (χ0v) is 16.1. The Kier molecular flexibility index (Phi) is 6.14. The van der Waals surface area contributed by atoms with Crippen molar-refractivity contribution in [1.29, 1.82) is 0 Å². The summed E-state index contributed by atoms with van der Waals surface area (Å²) in [4.78, 5) is 38.6. The van der Waals surface area contributed by atoms with Crippen molar-refractivity contribution in [3.8, 4) is 0 Å². The van der Waals surface area contributed by atoms with Crippen LogP contribution in [0.25, 0.3) is 0 Å². The van der Waals surface area contributed by atoms with E-state index in [-0.39, 0.29) is 24.3 Å². The van der Waals surface area contributed by atoms with Gasteiger partial charge in [0.1, 0.15) is 0 Å². The molecule has 1 aliphatic heterocycles. The molecule has 2 aliphatic rings. The molecule has 27 heavy (non-hydrogen) atoms. The number of nitrogens with one attached hydrogen (secondary N) is 1. The molecule has 6 nitrogen and oxygen atoms in total. The summed E-state index contributed by atoms with van der Waals surface area (Å²) in [6.45, 7) is 3.95. The third kappa shape index (κ3) is 4.67. The van der Waals surface area contributed by atoms with Crippen molar-refractivity contribution in [3.05, 3.63) is 29.8 Å². The van der Waals surface area contributed by atoms with E-state index in [1.807, 2.05) is 24.3 Å². The molecule has 1 aromatic rings. The quantitative estimate of drug-likeness (QED) is 0.779. The number of aryl methyl sites for hydroxylation is 1. The number of anilines is 1. The molecule has 6 heteroatoms. The molecule has 1 heterocycles. The molecule has 0 unspecified atom stereocenters. The smallest absolute Gasteiger partial charge is 0.312 e. The van der Waals surface area contributed by atoms with Crippen molar-refractivity contribution < 1.29 is 19.1 Å². The van der Waals surface area contributed by atoms with Crippen molar-refractivity contribution in [2.75, 3.05) is 11.4 Å². The Labute approximate surface area is 160 Å². The first kappa shape index (κ1) is 19.4. The predicted molar refractivity (Wildman–Crippen MR) is 102 cm³/mol. The molecule has 1 N–H and O–H groups in total. The van der Waals surface area contributed by atoms with E-state index in [9.17, 15) is 14.4 Å². The Morgan fingerprint density at radius 3 is 2.52 bits per heavy atom. The molecule has 1 saturated heterocycles. The van der Waals surface area contributed by atoms with E-state index in [1.54, 1.807) is 11.8 Å². The number of benzene rings is 1. The molecular weight excluding hydrogens is 344 g/mol. The van der Waals surface area contributed by atoms with Crippen LogP contribution in [0.2, 0.25) is 0 Å². The minimum Gasteiger partial charge on any atom is -0.452 e. The van der Waals surface area contributed by atoms with Gasteiger partial charge in [-0.05, 0) is 43.9 Å². The van der Waals surface area contributed by atoms with Crippen LogP contribution >= 0.6 is 0 Å². The maximum Gasteiger partial charge on any atom is 0.312 e. The summed E-state index contributed by atoms with van der Waals surface area (Å²) in [5, 5.41) is 2.94. The highest BCUT2D eigenvalue weighted by Gasteiger charge is 2.37. The summed E-state index contributed by atoms with van der Waals surface area (Å²) in [5.41, 5.74) is 1.99. The van der Waals surface area contributed by atoms with Gasteiger partial charge < -0.3 is 15.0 Å². The zero-order chi connectivity index (χ0) is 19.4. The molecule has 0 spiro atoms. The molecule has 1 saturated carbocycles. The van der Waals surface area contributed by atoms with Crippen LogP contribution in [0, 0.1) is 5.92 Å². The van der Waals surface area contributed by atoms with Crippen LogP contribution < -0.4 is 10.2 Å². The van der Waals surface area contributed by atoms with Gasteiger partial charge in [-0.1, -0.05) is 31.9 Å². The number of ether oxygens (including phenoxy) is 1. The van der Waals surface area contributed by atoms with E-state index in [0.717, 1.165) is 37.8 Å². The lowest BCUT2D eigenvalue weighted by Crippen LogP contribution is -2.41. The Bertz CT molecular complexity index is 695. The van der Waals surface area contributed by atoms with Gasteiger partial charge in [0.25, 0.3) is 5.91 Å². The second-order valence-electron chi connectivity index (χ2n) is 7.49. The summed E-state index contributed by atoms with van der Waals surface area (Å²) < 4.78 is 5.35. The van der Waals surface area contributed by atoms with Crippen molar-refractivity contribution >= 4 is 23.5 Å². The van der Waals surface area contributed by atoms with Gasteiger partial charge in [-0.25, -0.2) is 0 Å². The third-order valence-electron chi connectivity index (χ3n) is 5.48. The maximum atomic E-state index is 12.4. The van der Waals surface area contributed by atoms with Crippen LogP contribution in [0.5, 0.6) is 0 Å². The largest absolute Gasteiger partial charge is 0.452 e. The molecule has 3 rings (SSSR count). The van der Waals surface area contributed by atoms with Gasteiger partial charge in [0.2, 0.25) is 5.91 Å². The fourth-order valence-corrected chi connectivity index (χ4v) is 3.74. The maximum absolute atomic E-state index is 12.4. The SMILES string of the molecule is CCc1ccc(N2C[C@@H](C(=O)O[C@H](C)C(=O)NC3CCCC3)CC2=O)cc1. The predicted octanol–water partition coefficient (Wildman–Crippen LogP) is 2.59. The first-order valence-electron chi connectivity index (χ1n) is 9.88. The zero-order valence-electron chi connectivity index (χ0n) is 16.1. The summed E-state index contributed by atoms with van der Waals surface area (Å²) >= 11 is 0. The number of carbonyl (C=O) groups is 3. The normalized spacial score (nSPS) is 21.3. The van der Waals surface area contributed by atoms with Gasteiger partial charge in [-0.2, -0.15) is 0 Å². The molecule has 2 amide bonds. The van der Waals surface area contributed by atoms with Crippen molar-refractivity contribution in [2.45, 2.75) is 64.5 Å².